The van der Waals surface area contributed by atoms with E-state index in [1.807, 2.05) is 48.5 Å². The van der Waals surface area contributed by atoms with Crippen molar-refractivity contribution in [1.82, 2.24) is 0 Å². The Labute approximate surface area is 127 Å². The Morgan fingerprint density at radius 1 is 0.810 bits per heavy atom. The fraction of sp³-hybridized carbons (Fsp3) is 0. The first-order valence-electron chi connectivity index (χ1n) is 6.84. The molecule has 0 saturated heterocycles. The SMILES string of the molecule is O=C1/C(=C\c2cccc3ccccc23)Sc2ccccc21. The van der Waals surface area contributed by atoms with Crippen molar-refractivity contribution in [2.75, 3.05) is 0 Å². The Morgan fingerprint density at radius 3 is 2.48 bits per heavy atom. The highest BCUT2D eigenvalue weighted by Gasteiger charge is 2.25. The van der Waals surface area contributed by atoms with Gasteiger partial charge >= 0.3 is 0 Å². The van der Waals surface area contributed by atoms with E-state index in [4.69, 9.17) is 0 Å². The van der Waals surface area contributed by atoms with Crippen LogP contribution < -0.4 is 0 Å². The molecule has 0 amide bonds. The molecule has 2 heteroatoms. The normalized spacial score (nSPS) is 15.6. The van der Waals surface area contributed by atoms with Gasteiger partial charge in [-0.15, -0.1) is 0 Å². The summed E-state index contributed by atoms with van der Waals surface area (Å²) in [6.07, 6.45) is 2.01. The van der Waals surface area contributed by atoms with Crippen molar-refractivity contribution in [3.05, 3.63) is 82.8 Å². The minimum Gasteiger partial charge on any atom is -0.288 e. The molecule has 0 aromatic heterocycles. The van der Waals surface area contributed by atoms with E-state index in [2.05, 4.69) is 24.3 Å². The van der Waals surface area contributed by atoms with Gasteiger partial charge in [-0.1, -0.05) is 66.4 Å². The molecule has 0 unspecified atom stereocenters. The Balaban J connectivity index is 1.84. The van der Waals surface area contributed by atoms with Crippen LogP contribution in [-0.2, 0) is 0 Å². The Kier molecular flexibility index (Phi) is 2.90. The number of Topliss-reactive ketones (excluding diaryl/α,β-unsaturated/α-hetero) is 1. The lowest BCUT2D eigenvalue weighted by Crippen LogP contribution is -1.93. The Bertz CT molecular complexity index is 887. The molecule has 3 aromatic rings. The molecule has 0 N–H and O–H groups in total. The number of hydrogen-bond donors (Lipinski definition) is 0. The Morgan fingerprint density at radius 2 is 1.57 bits per heavy atom. The van der Waals surface area contributed by atoms with Gasteiger partial charge in [0, 0.05) is 10.5 Å². The van der Waals surface area contributed by atoms with Crippen LogP contribution in [0, 0.1) is 0 Å². The summed E-state index contributed by atoms with van der Waals surface area (Å²) in [5.41, 5.74) is 1.91. The third-order valence-electron chi connectivity index (χ3n) is 3.69. The van der Waals surface area contributed by atoms with Gasteiger partial charge in [0.15, 0.2) is 0 Å². The number of hydrogen-bond acceptors (Lipinski definition) is 2. The molecule has 0 aliphatic carbocycles. The van der Waals surface area contributed by atoms with Crippen molar-refractivity contribution in [2.45, 2.75) is 4.90 Å². The van der Waals surface area contributed by atoms with Crippen molar-refractivity contribution >= 4 is 34.4 Å². The van der Waals surface area contributed by atoms with Crippen LogP contribution in [0.15, 0.2) is 76.5 Å². The molecule has 1 heterocycles. The van der Waals surface area contributed by atoms with Crippen LogP contribution >= 0.6 is 11.8 Å². The second-order valence-electron chi connectivity index (χ2n) is 5.00. The quantitative estimate of drug-likeness (QED) is 0.575. The minimum absolute atomic E-state index is 0.128. The zero-order chi connectivity index (χ0) is 14.2. The maximum Gasteiger partial charge on any atom is 0.200 e. The smallest absolute Gasteiger partial charge is 0.200 e. The van der Waals surface area contributed by atoms with Crippen molar-refractivity contribution in [3.63, 3.8) is 0 Å². The van der Waals surface area contributed by atoms with E-state index in [-0.39, 0.29) is 5.78 Å². The number of benzene rings is 3. The van der Waals surface area contributed by atoms with Crippen LogP contribution in [0.3, 0.4) is 0 Å². The molecule has 3 aromatic carbocycles. The van der Waals surface area contributed by atoms with Crippen molar-refractivity contribution in [2.24, 2.45) is 0 Å². The molecule has 0 spiro atoms. The van der Waals surface area contributed by atoms with E-state index in [1.54, 1.807) is 11.8 Å². The van der Waals surface area contributed by atoms with Crippen molar-refractivity contribution < 1.29 is 4.79 Å². The van der Waals surface area contributed by atoms with Gasteiger partial charge in [-0.25, -0.2) is 0 Å². The van der Waals surface area contributed by atoms with Crippen molar-refractivity contribution in [3.8, 4) is 0 Å². The van der Waals surface area contributed by atoms with Gasteiger partial charge in [0.25, 0.3) is 0 Å². The highest BCUT2D eigenvalue weighted by atomic mass is 32.2. The van der Waals surface area contributed by atoms with Gasteiger partial charge in [-0.05, 0) is 34.5 Å². The first-order valence-corrected chi connectivity index (χ1v) is 7.65. The zero-order valence-corrected chi connectivity index (χ0v) is 12.1. The molecule has 100 valence electrons. The highest BCUT2D eigenvalue weighted by molar-refractivity contribution is 8.04. The monoisotopic (exact) mass is 288 g/mol. The molecular weight excluding hydrogens is 276 g/mol. The summed E-state index contributed by atoms with van der Waals surface area (Å²) >= 11 is 1.56. The number of thioether (sulfide) groups is 1. The molecule has 21 heavy (non-hydrogen) atoms. The lowest BCUT2D eigenvalue weighted by atomic mass is 10.0. The molecule has 0 saturated carbocycles. The predicted octanol–water partition coefficient (Wildman–Crippen LogP) is 5.17. The highest BCUT2D eigenvalue weighted by Crippen LogP contribution is 2.41. The standard InChI is InChI=1S/C19H12OS/c20-19-16-10-3-4-11-17(16)21-18(19)12-14-8-5-7-13-6-1-2-9-15(13)14/h1-12H/b18-12+. The third kappa shape index (κ3) is 2.08. The predicted molar refractivity (Wildman–Crippen MR) is 88.6 cm³/mol. The number of allylic oxidation sites excluding steroid dienone is 1. The lowest BCUT2D eigenvalue weighted by molar-refractivity contribution is 0.104. The van der Waals surface area contributed by atoms with Crippen LogP contribution in [0.1, 0.15) is 15.9 Å². The third-order valence-corrected chi connectivity index (χ3v) is 4.78. The summed E-state index contributed by atoms with van der Waals surface area (Å²) in [5, 5.41) is 2.37. The number of carbonyl (C=O) groups is 1. The number of rotatable bonds is 1. The summed E-state index contributed by atoms with van der Waals surface area (Å²) in [7, 11) is 0. The molecule has 0 atom stereocenters. The molecule has 0 fully saturated rings. The molecule has 1 aliphatic rings. The van der Waals surface area contributed by atoms with Gasteiger partial charge < -0.3 is 0 Å². The van der Waals surface area contributed by atoms with Gasteiger partial charge in [0.2, 0.25) is 5.78 Å². The topological polar surface area (TPSA) is 17.1 Å². The second-order valence-corrected chi connectivity index (χ2v) is 6.09. The van der Waals surface area contributed by atoms with E-state index >= 15 is 0 Å². The van der Waals surface area contributed by atoms with Crippen molar-refractivity contribution in [1.29, 1.82) is 0 Å². The first kappa shape index (κ1) is 12.4. The van der Waals surface area contributed by atoms with Crippen LogP contribution in [0.2, 0.25) is 0 Å². The summed E-state index contributed by atoms with van der Waals surface area (Å²) in [6, 6.07) is 22.2. The average Bonchev–Trinajstić information content (AvgIpc) is 2.85. The number of carbonyl (C=O) groups excluding carboxylic acids is 1. The number of fused-ring (bicyclic) bond motifs is 2. The van der Waals surface area contributed by atoms with Crippen LogP contribution in [0.5, 0.6) is 0 Å². The molecular formula is C19H12OS. The Hall–Kier alpha value is -2.32. The summed E-state index contributed by atoms with van der Waals surface area (Å²) in [4.78, 5) is 14.3. The lowest BCUT2D eigenvalue weighted by Gasteiger charge is -2.02. The van der Waals surface area contributed by atoms with Gasteiger partial charge in [0.1, 0.15) is 0 Å². The van der Waals surface area contributed by atoms with Crippen LogP contribution in [-0.4, -0.2) is 5.78 Å². The van der Waals surface area contributed by atoms with Gasteiger partial charge in [-0.3, -0.25) is 4.79 Å². The zero-order valence-electron chi connectivity index (χ0n) is 11.2. The molecule has 0 radical (unpaired) electrons. The summed E-state index contributed by atoms with van der Waals surface area (Å²) in [5.74, 6) is 0.128. The molecule has 4 rings (SSSR count). The molecule has 0 bridgehead atoms. The van der Waals surface area contributed by atoms with E-state index in [0.717, 1.165) is 20.9 Å². The fourth-order valence-electron chi connectivity index (χ4n) is 2.65. The van der Waals surface area contributed by atoms with E-state index < -0.39 is 0 Å². The number of ketones is 1. The molecule has 1 nitrogen and oxygen atoms in total. The maximum absolute atomic E-state index is 12.4. The largest absolute Gasteiger partial charge is 0.288 e. The van der Waals surface area contributed by atoms with Gasteiger partial charge in [0.05, 0.1) is 4.91 Å². The molecule has 1 aliphatic heterocycles. The second kappa shape index (κ2) is 4.90. The summed E-state index contributed by atoms with van der Waals surface area (Å²) < 4.78 is 0. The van der Waals surface area contributed by atoms with Gasteiger partial charge in [-0.2, -0.15) is 0 Å². The van der Waals surface area contributed by atoms with E-state index in [0.29, 0.717) is 0 Å². The maximum atomic E-state index is 12.4. The van der Waals surface area contributed by atoms with E-state index in [9.17, 15) is 4.79 Å². The fourth-order valence-corrected chi connectivity index (χ4v) is 3.70. The minimum atomic E-state index is 0.128. The van der Waals surface area contributed by atoms with Crippen LogP contribution in [0.25, 0.3) is 16.8 Å². The average molecular weight is 288 g/mol. The van der Waals surface area contributed by atoms with Crippen LogP contribution in [0.4, 0.5) is 0 Å². The first-order chi connectivity index (χ1) is 10.3. The van der Waals surface area contributed by atoms with E-state index in [1.165, 1.54) is 10.8 Å². The summed E-state index contributed by atoms with van der Waals surface area (Å²) in [6.45, 7) is 0.